The predicted octanol–water partition coefficient (Wildman–Crippen LogP) is 4.57. The number of benzene rings is 2. The summed E-state index contributed by atoms with van der Waals surface area (Å²) in [5.74, 6) is -0.628. The van der Waals surface area contributed by atoms with Crippen molar-refractivity contribution in [2.24, 2.45) is 0 Å². The van der Waals surface area contributed by atoms with Crippen LogP contribution < -0.4 is 4.74 Å². The van der Waals surface area contributed by atoms with Gasteiger partial charge in [-0.3, -0.25) is 0 Å². The molecule has 2 rings (SSSR count). The van der Waals surface area contributed by atoms with Crippen LogP contribution in [0, 0.1) is 11.3 Å². The Bertz CT molecular complexity index is 723. The van der Waals surface area contributed by atoms with Crippen molar-refractivity contribution in [3.63, 3.8) is 0 Å². The summed E-state index contributed by atoms with van der Waals surface area (Å²) in [5, 5.41) is 18.3. The molecule has 0 aromatic heterocycles. The first-order valence-corrected chi connectivity index (χ1v) is 7.01. The molecule has 20 heavy (non-hydrogen) atoms. The SMILES string of the molecule is N#Cc1c(Br)cccc1Oc1ccc(Br)cc1C(=O)O. The lowest BCUT2D eigenvalue weighted by atomic mass is 10.2. The fourth-order valence-electron chi connectivity index (χ4n) is 1.57. The van der Waals surface area contributed by atoms with Gasteiger partial charge in [0.25, 0.3) is 0 Å². The maximum atomic E-state index is 11.2. The Morgan fingerprint density at radius 1 is 1.20 bits per heavy atom. The van der Waals surface area contributed by atoms with Gasteiger partial charge in [0.2, 0.25) is 0 Å². The summed E-state index contributed by atoms with van der Waals surface area (Å²) in [6.07, 6.45) is 0. The number of aromatic carboxylic acids is 1. The third-order valence-electron chi connectivity index (χ3n) is 2.48. The van der Waals surface area contributed by atoms with E-state index in [4.69, 9.17) is 10.00 Å². The molecule has 0 amide bonds. The number of hydrogen-bond donors (Lipinski definition) is 1. The van der Waals surface area contributed by atoms with Gasteiger partial charge < -0.3 is 9.84 Å². The van der Waals surface area contributed by atoms with Crippen LogP contribution in [-0.2, 0) is 0 Å². The van der Waals surface area contributed by atoms with Crippen LogP contribution in [-0.4, -0.2) is 11.1 Å². The summed E-state index contributed by atoms with van der Waals surface area (Å²) >= 11 is 6.46. The van der Waals surface area contributed by atoms with Crippen LogP contribution in [0.25, 0.3) is 0 Å². The van der Waals surface area contributed by atoms with Crippen molar-refractivity contribution >= 4 is 37.8 Å². The first-order chi connectivity index (χ1) is 9.52. The number of nitrogens with zero attached hydrogens (tertiary/aromatic N) is 1. The predicted molar refractivity (Wildman–Crippen MR) is 80.0 cm³/mol. The lowest BCUT2D eigenvalue weighted by Crippen LogP contribution is -2.00. The summed E-state index contributed by atoms with van der Waals surface area (Å²) in [5.41, 5.74) is 0.329. The zero-order valence-electron chi connectivity index (χ0n) is 9.93. The van der Waals surface area contributed by atoms with Gasteiger partial charge in [-0.15, -0.1) is 0 Å². The molecule has 0 bridgehead atoms. The Morgan fingerprint density at radius 2 is 1.95 bits per heavy atom. The Hall–Kier alpha value is -1.84. The lowest BCUT2D eigenvalue weighted by Gasteiger charge is -2.11. The summed E-state index contributed by atoms with van der Waals surface area (Å²) < 4.78 is 6.80. The summed E-state index contributed by atoms with van der Waals surface area (Å²) in [7, 11) is 0. The average Bonchev–Trinajstić information content (AvgIpc) is 2.41. The fourth-order valence-corrected chi connectivity index (χ4v) is 2.37. The standard InChI is InChI=1S/C14H7Br2NO3/c15-8-4-5-13(9(6-8)14(18)19)20-12-3-1-2-11(16)10(12)7-17/h1-6H,(H,18,19). The quantitative estimate of drug-likeness (QED) is 0.824. The van der Waals surface area contributed by atoms with Gasteiger partial charge in [0.15, 0.2) is 0 Å². The molecule has 0 heterocycles. The number of ether oxygens (including phenoxy) is 1. The smallest absolute Gasteiger partial charge is 0.339 e. The van der Waals surface area contributed by atoms with Crippen molar-refractivity contribution in [1.82, 2.24) is 0 Å². The van der Waals surface area contributed by atoms with Gasteiger partial charge in [0.1, 0.15) is 28.7 Å². The van der Waals surface area contributed by atoms with E-state index in [-0.39, 0.29) is 11.3 Å². The van der Waals surface area contributed by atoms with E-state index in [0.29, 0.717) is 20.3 Å². The Balaban J connectivity index is 2.49. The Labute approximate surface area is 131 Å². The van der Waals surface area contributed by atoms with Crippen molar-refractivity contribution in [1.29, 1.82) is 5.26 Å². The second-order valence-electron chi connectivity index (χ2n) is 3.77. The highest BCUT2D eigenvalue weighted by Gasteiger charge is 2.15. The van der Waals surface area contributed by atoms with Crippen LogP contribution in [0.5, 0.6) is 11.5 Å². The second-order valence-corrected chi connectivity index (χ2v) is 5.54. The van der Waals surface area contributed by atoms with E-state index in [1.165, 1.54) is 12.1 Å². The molecule has 1 N–H and O–H groups in total. The Kier molecular flexibility index (Phi) is 4.42. The molecule has 0 aliphatic carbocycles. The molecule has 2 aromatic carbocycles. The normalized spacial score (nSPS) is 9.85. The monoisotopic (exact) mass is 395 g/mol. The van der Waals surface area contributed by atoms with Gasteiger partial charge >= 0.3 is 5.97 Å². The van der Waals surface area contributed by atoms with Crippen LogP contribution in [0.2, 0.25) is 0 Å². The fraction of sp³-hybridized carbons (Fsp3) is 0. The van der Waals surface area contributed by atoms with Gasteiger partial charge in [-0.05, 0) is 46.3 Å². The minimum Gasteiger partial charge on any atom is -0.478 e. The van der Waals surface area contributed by atoms with Crippen LogP contribution in [0.1, 0.15) is 15.9 Å². The molecule has 0 saturated heterocycles. The topological polar surface area (TPSA) is 70.3 Å². The third-order valence-corrected chi connectivity index (χ3v) is 3.63. The van der Waals surface area contributed by atoms with Crippen molar-refractivity contribution in [3.8, 4) is 17.6 Å². The molecular formula is C14H7Br2NO3. The highest BCUT2D eigenvalue weighted by molar-refractivity contribution is 9.10. The molecule has 0 unspecified atom stereocenters. The maximum Gasteiger partial charge on any atom is 0.339 e. The molecule has 2 aromatic rings. The number of carboxylic acid groups (broad SMARTS) is 1. The largest absolute Gasteiger partial charge is 0.478 e. The first kappa shape index (κ1) is 14.6. The van der Waals surface area contributed by atoms with E-state index in [0.717, 1.165) is 0 Å². The Morgan fingerprint density at radius 3 is 2.60 bits per heavy atom. The molecule has 0 radical (unpaired) electrons. The van der Waals surface area contributed by atoms with Crippen molar-refractivity contribution in [3.05, 3.63) is 56.5 Å². The average molecular weight is 397 g/mol. The molecule has 0 aliphatic heterocycles. The van der Waals surface area contributed by atoms with E-state index in [2.05, 4.69) is 31.9 Å². The molecule has 0 spiro atoms. The molecule has 4 nitrogen and oxygen atoms in total. The highest BCUT2D eigenvalue weighted by Crippen LogP contribution is 2.32. The van der Waals surface area contributed by atoms with Crippen LogP contribution in [0.4, 0.5) is 0 Å². The lowest BCUT2D eigenvalue weighted by molar-refractivity contribution is 0.0694. The van der Waals surface area contributed by atoms with E-state index in [1.54, 1.807) is 24.3 Å². The third kappa shape index (κ3) is 3.00. The van der Waals surface area contributed by atoms with E-state index in [1.807, 2.05) is 6.07 Å². The van der Waals surface area contributed by atoms with Gasteiger partial charge in [0, 0.05) is 8.95 Å². The molecule has 0 aliphatic rings. The number of halogens is 2. The van der Waals surface area contributed by atoms with E-state index in [9.17, 15) is 9.90 Å². The zero-order chi connectivity index (χ0) is 14.7. The minimum absolute atomic E-state index is 0.0169. The molecule has 0 fully saturated rings. The number of carboxylic acids is 1. The van der Waals surface area contributed by atoms with Crippen molar-refractivity contribution < 1.29 is 14.6 Å². The highest BCUT2D eigenvalue weighted by atomic mass is 79.9. The van der Waals surface area contributed by atoms with Crippen LogP contribution in [0.15, 0.2) is 45.3 Å². The van der Waals surface area contributed by atoms with Gasteiger partial charge in [-0.1, -0.05) is 22.0 Å². The minimum atomic E-state index is -1.10. The van der Waals surface area contributed by atoms with Crippen LogP contribution >= 0.6 is 31.9 Å². The van der Waals surface area contributed by atoms with Gasteiger partial charge in [-0.25, -0.2) is 4.79 Å². The molecular weight excluding hydrogens is 390 g/mol. The number of nitriles is 1. The summed E-state index contributed by atoms with van der Waals surface area (Å²) in [6, 6.07) is 11.7. The van der Waals surface area contributed by atoms with Gasteiger partial charge in [-0.2, -0.15) is 5.26 Å². The van der Waals surface area contributed by atoms with Crippen molar-refractivity contribution in [2.75, 3.05) is 0 Å². The number of rotatable bonds is 3. The molecule has 0 atom stereocenters. The maximum absolute atomic E-state index is 11.2. The number of carbonyl (C=O) groups is 1. The second kappa shape index (κ2) is 6.07. The molecule has 100 valence electrons. The summed E-state index contributed by atoms with van der Waals surface area (Å²) in [4.78, 5) is 11.2. The molecule has 6 heteroatoms. The summed E-state index contributed by atoms with van der Waals surface area (Å²) in [6.45, 7) is 0. The first-order valence-electron chi connectivity index (χ1n) is 5.42. The van der Waals surface area contributed by atoms with E-state index < -0.39 is 5.97 Å². The van der Waals surface area contributed by atoms with Crippen molar-refractivity contribution in [2.45, 2.75) is 0 Å². The molecule has 0 saturated carbocycles. The zero-order valence-corrected chi connectivity index (χ0v) is 13.1. The van der Waals surface area contributed by atoms with E-state index >= 15 is 0 Å². The van der Waals surface area contributed by atoms with Gasteiger partial charge in [0.05, 0.1) is 0 Å². The van der Waals surface area contributed by atoms with Crippen LogP contribution in [0.3, 0.4) is 0 Å². The number of hydrogen-bond acceptors (Lipinski definition) is 3.